The minimum Gasteiger partial charge on any atom is -0.491 e. The molecule has 2 N–H and O–H groups in total. The second-order valence-electron chi connectivity index (χ2n) is 7.84. The average Bonchev–Trinajstić information content (AvgIpc) is 2.89. The van der Waals surface area contributed by atoms with Gasteiger partial charge in [-0.15, -0.1) is 0 Å². The Hall–Kier alpha value is -3.31. The van der Waals surface area contributed by atoms with E-state index in [0.29, 0.717) is 19.8 Å². The summed E-state index contributed by atoms with van der Waals surface area (Å²) in [5.74, 6) is 0.738. The number of rotatable bonds is 10. The van der Waals surface area contributed by atoms with E-state index in [1.165, 1.54) is 0 Å². The molecular formula is C27H26B2O4. The second-order valence-corrected chi connectivity index (χ2v) is 7.84. The van der Waals surface area contributed by atoms with E-state index < -0.39 is 13.8 Å². The van der Waals surface area contributed by atoms with Crippen molar-refractivity contribution in [3.63, 3.8) is 0 Å². The maximum atomic E-state index is 10.5. The lowest BCUT2D eigenvalue weighted by molar-refractivity contribution is 0.0889. The van der Waals surface area contributed by atoms with Crippen LogP contribution < -0.4 is 26.6 Å². The van der Waals surface area contributed by atoms with Crippen molar-refractivity contribution in [2.24, 2.45) is 0 Å². The Balaban J connectivity index is 1.19. The Kier molecular flexibility index (Phi) is 7.99. The van der Waals surface area contributed by atoms with Gasteiger partial charge in [0, 0.05) is 0 Å². The van der Waals surface area contributed by atoms with Crippen LogP contribution in [0.5, 0.6) is 5.75 Å². The fourth-order valence-corrected chi connectivity index (χ4v) is 3.61. The van der Waals surface area contributed by atoms with Crippen LogP contribution in [0.2, 0.25) is 0 Å². The number of benzene rings is 4. The summed E-state index contributed by atoms with van der Waals surface area (Å²) in [6.07, 6.45) is 0. The van der Waals surface area contributed by atoms with Crippen LogP contribution in [0.3, 0.4) is 0 Å². The molecule has 33 heavy (non-hydrogen) atoms. The largest absolute Gasteiger partial charge is 0.491 e. The second kappa shape index (κ2) is 11.5. The first-order chi connectivity index (χ1) is 16.2. The highest BCUT2D eigenvalue weighted by molar-refractivity contribution is 6.79. The van der Waals surface area contributed by atoms with Gasteiger partial charge in [-0.2, -0.15) is 0 Å². The summed E-state index contributed by atoms with van der Waals surface area (Å²) in [6.45, 7) is 0.0973. The quantitative estimate of drug-likeness (QED) is 0.292. The van der Waals surface area contributed by atoms with E-state index in [-0.39, 0.29) is 0 Å². The number of hydrogen-bond acceptors (Lipinski definition) is 4. The smallest absolute Gasteiger partial charge is 0.358 e. The fourth-order valence-electron chi connectivity index (χ4n) is 3.61. The summed E-state index contributed by atoms with van der Waals surface area (Å²) >= 11 is 0. The summed E-state index contributed by atoms with van der Waals surface area (Å²) in [6, 6.07) is 34.5. The normalized spacial score (nSPS) is 10.6. The molecule has 0 amide bonds. The van der Waals surface area contributed by atoms with E-state index in [4.69, 9.17) is 9.47 Å². The lowest BCUT2D eigenvalue weighted by Crippen LogP contribution is -2.42. The molecule has 4 rings (SSSR count). The molecule has 0 aliphatic heterocycles. The molecule has 0 saturated heterocycles. The van der Waals surface area contributed by atoms with Crippen LogP contribution in [0.15, 0.2) is 109 Å². The van der Waals surface area contributed by atoms with Crippen LogP contribution >= 0.6 is 0 Å². The van der Waals surface area contributed by atoms with Gasteiger partial charge in [0.1, 0.15) is 12.4 Å². The van der Waals surface area contributed by atoms with E-state index in [1.54, 1.807) is 0 Å². The first kappa shape index (κ1) is 22.9. The van der Waals surface area contributed by atoms with Gasteiger partial charge in [0.15, 0.2) is 0 Å². The van der Waals surface area contributed by atoms with Gasteiger partial charge < -0.3 is 19.5 Å². The van der Waals surface area contributed by atoms with Crippen LogP contribution in [0, 0.1) is 0 Å². The topological polar surface area (TPSA) is 58.9 Å². The van der Waals surface area contributed by atoms with Crippen molar-refractivity contribution in [3.8, 4) is 5.75 Å². The monoisotopic (exact) mass is 436 g/mol. The van der Waals surface area contributed by atoms with Crippen molar-refractivity contribution >= 4 is 35.7 Å². The zero-order valence-electron chi connectivity index (χ0n) is 18.4. The summed E-state index contributed by atoms with van der Waals surface area (Å²) in [4.78, 5) is 0. The van der Waals surface area contributed by atoms with Crippen molar-refractivity contribution in [2.45, 2.75) is 6.61 Å². The lowest BCUT2D eigenvalue weighted by Gasteiger charge is -2.11. The molecule has 0 spiro atoms. The van der Waals surface area contributed by atoms with Gasteiger partial charge >= 0.3 is 13.8 Å². The minimum atomic E-state index is -0.649. The molecule has 4 aromatic carbocycles. The van der Waals surface area contributed by atoms with Gasteiger partial charge in [-0.05, 0) is 39.5 Å². The van der Waals surface area contributed by atoms with Gasteiger partial charge in [-0.1, -0.05) is 97.1 Å². The molecule has 4 nitrogen and oxygen atoms in total. The SMILES string of the molecule is OB(c1ccccc1)c1ccc(COCCOc2ccc(B(O)c3ccccc3)cc2)cc1. The maximum absolute atomic E-state index is 10.5. The Morgan fingerprint density at radius 2 is 0.970 bits per heavy atom. The molecule has 0 saturated carbocycles. The summed E-state index contributed by atoms with van der Waals surface area (Å²) in [5.41, 5.74) is 4.46. The van der Waals surface area contributed by atoms with Crippen LogP contribution in [0.1, 0.15) is 5.56 Å². The molecule has 4 aromatic rings. The first-order valence-corrected chi connectivity index (χ1v) is 11.1. The van der Waals surface area contributed by atoms with Crippen LogP contribution in [0.4, 0.5) is 0 Å². The molecule has 0 bridgehead atoms. The number of hydrogen-bond donors (Lipinski definition) is 2. The lowest BCUT2D eigenvalue weighted by atomic mass is 9.56. The van der Waals surface area contributed by atoms with E-state index in [1.807, 2.05) is 109 Å². The zero-order valence-corrected chi connectivity index (χ0v) is 18.4. The molecule has 0 unspecified atom stereocenters. The minimum absolute atomic E-state index is 0.436. The van der Waals surface area contributed by atoms with Gasteiger partial charge in [0.05, 0.1) is 13.2 Å². The van der Waals surface area contributed by atoms with Crippen molar-refractivity contribution < 1.29 is 19.5 Å². The van der Waals surface area contributed by atoms with E-state index in [9.17, 15) is 10.0 Å². The summed E-state index contributed by atoms with van der Waals surface area (Å²) in [7, 11) is 0. The van der Waals surface area contributed by atoms with Crippen LogP contribution in [-0.4, -0.2) is 37.1 Å². The van der Waals surface area contributed by atoms with Crippen LogP contribution in [0.25, 0.3) is 0 Å². The highest BCUT2D eigenvalue weighted by Gasteiger charge is 2.17. The maximum Gasteiger partial charge on any atom is 0.358 e. The van der Waals surface area contributed by atoms with Crippen molar-refractivity contribution in [3.05, 3.63) is 115 Å². The van der Waals surface area contributed by atoms with E-state index in [0.717, 1.165) is 33.2 Å². The summed E-state index contributed by atoms with van der Waals surface area (Å²) in [5, 5.41) is 20.9. The third kappa shape index (κ3) is 6.36. The van der Waals surface area contributed by atoms with Crippen molar-refractivity contribution in [2.75, 3.05) is 13.2 Å². The Morgan fingerprint density at radius 3 is 1.48 bits per heavy atom. The zero-order chi connectivity index (χ0) is 22.9. The summed E-state index contributed by atoms with van der Waals surface area (Å²) < 4.78 is 11.5. The molecule has 0 radical (unpaired) electrons. The Morgan fingerprint density at radius 1 is 0.515 bits per heavy atom. The van der Waals surface area contributed by atoms with Gasteiger partial charge in [0.2, 0.25) is 0 Å². The molecule has 0 atom stereocenters. The molecule has 0 aliphatic carbocycles. The standard InChI is InChI=1S/C27H26B2O4/c30-28(23-7-3-1-4-8-23)25-13-11-22(12-14-25)21-32-19-20-33-27-17-15-26(16-18-27)29(31)24-9-5-2-6-10-24/h1-18,30-31H,19-21H2. The predicted octanol–water partition coefficient (Wildman–Crippen LogP) is 1.48. The van der Waals surface area contributed by atoms with Crippen molar-refractivity contribution in [1.29, 1.82) is 0 Å². The van der Waals surface area contributed by atoms with Crippen molar-refractivity contribution in [1.82, 2.24) is 0 Å². The molecule has 0 fully saturated rings. The molecule has 164 valence electrons. The Labute approximate surface area is 195 Å². The third-order valence-corrected chi connectivity index (χ3v) is 5.49. The number of ether oxygens (including phenoxy) is 2. The average molecular weight is 436 g/mol. The van der Waals surface area contributed by atoms with Crippen LogP contribution in [-0.2, 0) is 11.3 Å². The highest BCUT2D eigenvalue weighted by Crippen LogP contribution is 2.08. The molecule has 6 heteroatoms. The van der Waals surface area contributed by atoms with Gasteiger partial charge in [0.25, 0.3) is 0 Å². The van der Waals surface area contributed by atoms with E-state index in [2.05, 4.69) is 0 Å². The first-order valence-electron chi connectivity index (χ1n) is 11.1. The van der Waals surface area contributed by atoms with Gasteiger partial charge in [-0.3, -0.25) is 0 Å². The molecule has 0 aliphatic rings. The van der Waals surface area contributed by atoms with Gasteiger partial charge in [-0.25, -0.2) is 0 Å². The fraction of sp³-hybridized carbons (Fsp3) is 0.111. The molecule has 0 heterocycles. The molecule has 0 aromatic heterocycles. The highest BCUT2D eigenvalue weighted by atomic mass is 16.5. The predicted molar refractivity (Wildman–Crippen MR) is 135 cm³/mol. The Bertz CT molecular complexity index is 1010. The third-order valence-electron chi connectivity index (χ3n) is 5.49. The molecular weight excluding hydrogens is 410 g/mol. The van der Waals surface area contributed by atoms with E-state index >= 15 is 0 Å².